The van der Waals surface area contributed by atoms with Gasteiger partial charge in [-0.3, -0.25) is 9.59 Å². The van der Waals surface area contributed by atoms with Crippen LogP contribution in [-0.2, 0) is 9.59 Å². The van der Waals surface area contributed by atoms with E-state index >= 15 is 0 Å². The van der Waals surface area contributed by atoms with Gasteiger partial charge >= 0.3 is 0 Å². The third kappa shape index (κ3) is 4.12. The van der Waals surface area contributed by atoms with Crippen molar-refractivity contribution >= 4 is 34.8 Å². The van der Waals surface area contributed by atoms with Gasteiger partial charge in [-0.05, 0) is 55.3 Å². The zero-order valence-electron chi connectivity index (χ0n) is 14.0. The van der Waals surface area contributed by atoms with Gasteiger partial charge in [-0.15, -0.1) is 0 Å². The van der Waals surface area contributed by atoms with Gasteiger partial charge in [0.15, 0.2) is 0 Å². The molecule has 5 nitrogen and oxygen atoms in total. The van der Waals surface area contributed by atoms with E-state index in [1.165, 1.54) is 0 Å². The van der Waals surface area contributed by atoms with Crippen LogP contribution in [0.15, 0.2) is 42.5 Å². The average Bonchev–Trinajstić information content (AvgIpc) is 3.40. The zero-order chi connectivity index (χ0) is 18.0. The molecule has 0 spiro atoms. The van der Waals surface area contributed by atoms with Gasteiger partial charge in [-0.2, -0.15) is 0 Å². The fraction of sp³-hybridized carbons (Fsp3) is 0.263. The smallest absolute Gasteiger partial charge is 0.228 e. The molecule has 2 N–H and O–H groups in total. The number of amides is 2. The summed E-state index contributed by atoms with van der Waals surface area (Å²) in [5, 5.41) is 6.25. The summed E-state index contributed by atoms with van der Waals surface area (Å²) in [5.41, 5.74) is 2.29. The van der Waals surface area contributed by atoms with E-state index in [2.05, 4.69) is 10.6 Å². The maximum Gasteiger partial charge on any atom is 0.228 e. The van der Waals surface area contributed by atoms with Crippen LogP contribution in [0.1, 0.15) is 12.0 Å². The molecule has 0 aliphatic heterocycles. The lowest BCUT2D eigenvalue weighted by atomic mass is 10.2. The summed E-state index contributed by atoms with van der Waals surface area (Å²) in [5.74, 6) is -0.190. The Morgan fingerprint density at radius 2 is 1.68 bits per heavy atom. The molecule has 1 aliphatic rings. The highest BCUT2D eigenvalue weighted by Gasteiger charge is 2.48. The molecule has 1 saturated carbocycles. The molecule has 25 heavy (non-hydrogen) atoms. The second kappa shape index (κ2) is 7.15. The second-order valence-electron chi connectivity index (χ2n) is 6.11. The van der Waals surface area contributed by atoms with Crippen molar-refractivity contribution in [1.29, 1.82) is 0 Å². The molecule has 6 heteroatoms. The number of benzene rings is 2. The first-order valence-corrected chi connectivity index (χ1v) is 8.37. The fourth-order valence-corrected chi connectivity index (χ4v) is 2.81. The maximum atomic E-state index is 12.3. The first-order chi connectivity index (χ1) is 12.0. The summed E-state index contributed by atoms with van der Waals surface area (Å²) in [6.07, 6.45) is 0.549. The Labute approximate surface area is 151 Å². The summed E-state index contributed by atoms with van der Waals surface area (Å²) in [6, 6.07) is 12.4. The lowest BCUT2D eigenvalue weighted by Gasteiger charge is -2.09. The van der Waals surface area contributed by atoms with Gasteiger partial charge in [0.05, 0.1) is 18.9 Å². The number of carbonyl (C=O) groups is 2. The molecule has 2 aromatic rings. The van der Waals surface area contributed by atoms with Gasteiger partial charge in [0.25, 0.3) is 0 Å². The van der Waals surface area contributed by atoms with Crippen LogP contribution in [0.25, 0.3) is 0 Å². The van der Waals surface area contributed by atoms with E-state index in [0.717, 1.165) is 11.3 Å². The molecule has 0 heterocycles. The molecule has 0 aromatic heterocycles. The van der Waals surface area contributed by atoms with E-state index in [1.807, 2.05) is 13.0 Å². The lowest BCUT2D eigenvalue weighted by molar-refractivity contribution is -0.122. The standard InChI is InChI=1S/C19H19ClN2O3/c1-11-3-4-12(20)9-17(11)22-19(24)16-10-15(16)18(23)21-13-5-7-14(25-2)8-6-13/h3-9,15-16H,10H2,1-2H3,(H,21,23)(H,22,24). The van der Waals surface area contributed by atoms with Gasteiger partial charge in [-0.1, -0.05) is 17.7 Å². The summed E-state index contributed by atoms with van der Waals surface area (Å²) in [7, 11) is 1.59. The van der Waals surface area contributed by atoms with Crippen LogP contribution in [0.2, 0.25) is 5.02 Å². The molecule has 3 rings (SSSR count). The highest BCUT2D eigenvalue weighted by molar-refractivity contribution is 6.31. The van der Waals surface area contributed by atoms with Crippen LogP contribution in [0.3, 0.4) is 0 Å². The van der Waals surface area contributed by atoms with Crippen LogP contribution in [0.5, 0.6) is 5.75 Å². The summed E-state index contributed by atoms with van der Waals surface area (Å²) < 4.78 is 5.08. The lowest BCUT2D eigenvalue weighted by Crippen LogP contribution is -2.20. The predicted octanol–water partition coefficient (Wildman–Crippen LogP) is 3.87. The molecule has 1 fully saturated rings. The van der Waals surface area contributed by atoms with E-state index in [4.69, 9.17) is 16.3 Å². The number of methoxy groups -OCH3 is 1. The van der Waals surface area contributed by atoms with E-state index in [1.54, 1.807) is 43.5 Å². The van der Waals surface area contributed by atoms with E-state index in [9.17, 15) is 9.59 Å². The molecule has 2 atom stereocenters. The first kappa shape index (κ1) is 17.3. The molecule has 0 saturated heterocycles. The van der Waals surface area contributed by atoms with Gasteiger partial charge in [0.2, 0.25) is 11.8 Å². The van der Waals surface area contributed by atoms with Gasteiger partial charge < -0.3 is 15.4 Å². The van der Waals surface area contributed by atoms with Crippen molar-refractivity contribution in [3.63, 3.8) is 0 Å². The van der Waals surface area contributed by atoms with Crippen molar-refractivity contribution in [3.8, 4) is 5.75 Å². The quantitative estimate of drug-likeness (QED) is 0.852. The highest BCUT2D eigenvalue weighted by Crippen LogP contribution is 2.40. The summed E-state index contributed by atoms with van der Waals surface area (Å²) in [6.45, 7) is 1.90. The third-order valence-electron chi connectivity index (χ3n) is 4.28. The minimum Gasteiger partial charge on any atom is -0.497 e. The molecule has 130 valence electrons. The number of aryl methyl sites for hydroxylation is 1. The minimum absolute atomic E-state index is 0.145. The number of carbonyl (C=O) groups excluding carboxylic acids is 2. The number of halogens is 1. The zero-order valence-corrected chi connectivity index (χ0v) is 14.8. The van der Waals surface area contributed by atoms with Crippen LogP contribution < -0.4 is 15.4 Å². The van der Waals surface area contributed by atoms with Crippen LogP contribution in [0.4, 0.5) is 11.4 Å². The van der Waals surface area contributed by atoms with Gasteiger partial charge in [-0.25, -0.2) is 0 Å². The Morgan fingerprint density at radius 3 is 2.32 bits per heavy atom. The van der Waals surface area contributed by atoms with Crippen molar-refractivity contribution in [3.05, 3.63) is 53.1 Å². The van der Waals surface area contributed by atoms with Crippen molar-refractivity contribution in [2.24, 2.45) is 11.8 Å². The third-order valence-corrected chi connectivity index (χ3v) is 4.51. The molecular weight excluding hydrogens is 340 g/mol. The SMILES string of the molecule is COc1ccc(NC(=O)C2CC2C(=O)Nc2cc(Cl)ccc2C)cc1. The molecule has 1 aliphatic carbocycles. The molecular formula is C19H19ClN2O3. The van der Waals surface area contributed by atoms with Crippen molar-refractivity contribution in [2.75, 3.05) is 17.7 Å². The number of hydrogen-bond acceptors (Lipinski definition) is 3. The van der Waals surface area contributed by atoms with Crippen LogP contribution in [-0.4, -0.2) is 18.9 Å². The molecule has 2 amide bonds. The van der Waals surface area contributed by atoms with E-state index < -0.39 is 0 Å². The van der Waals surface area contributed by atoms with Crippen molar-refractivity contribution in [2.45, 2.75) is 13.3 Å². The average molecular weight is 359 g/mol. The first-order valence-electron chi connectivity index (χ1n) is 8.00. The Hall–Kier alpha value is -2.53. The Kier molecular flexibility index (Phi) is 4.95. The van der Waals surface area contributed by atoms with Gasteiger partial charge in [0, 0.05) is 16.4 Å². The summed E-state index contributed by atoms with van der Waals surface area (Å²) in [4.78, 5) is 24.6. The maximum absolute atomic E-state index is 12.3. The predicted molar refractivity (Wildman–Crippen MR) is 98.0 cm³/mol. The normalized spacial score (nSPS) is 18.4. The van der Waals surface area contributed by atoms with Crippen LogP contribution in [0, 0.1) is 18.8 Å². The Bertz CT molecular complexity index is 805. The Morgan fingerprint density at radius 1 is 1.04 bits per heavy atom. The number of rotatable bonds is 5. The highest BCUT2D eigenvalue weighted by atomic mass is 35.5. The fourth-order valence-electron chi connectivity index (χ4n) is 2.64. The molecule has 2 aromatic carbocycles. The van der Waals surface area contributed by atoms with Crippen molar-refractivity contribution in [1.82, 2.24) is 0 Å². The number of ether oxygens (including phenoxy) is 1. The van der Waals surface area contributed by atoms with Crippen molar-refractivity contribution < 1.29 is 14.3 Å². The van der Waals surface area contributed by atoms with E-state index in [0.29, 0.717) is 22.8 Å². The summed E-state index contributed by atoms with van der Waals surface area (Å²) >= 11 is 5.96. The van der Waals surface area contributed by atoms with Gasteiger partial charge in [0.1, 0.15) is 5.75 Å². The molecule has 0 bridgehead atoms. The monoisotopic (exact) mass is 358 g/mol. The topological polar surface area (TPSA) is 67.4 Å². The van der Waals surface area contributed by atoms with E-state index in [-0.39, 0.29) is 23.7 Å². The molecule has 2 unspecified atom stereocenters. The number of hydrogen-bond donors (Lipinski definition) is 2. The number of nitrogens with one attached hydrogen (secondary N) is 2. The largest absolute Gasteiger partial charge is 0.497 e. The van der Waals surface area contributed by atoms with Crippen LogP contribution >= 0.6 is 11.6 Å². The minimum atomic E-state index is -0.309. The second-order valence-corrected chi connectivity index (χ2v) is 6.55. The number of anilines is 2. The molecule has 0 radical (unpaired) electrons. The Balaban J connectivity index is 1.56.